The average Bonchev–Trinajstić information content (AvgIpc) is 2.77. The van der Waals surface area contributed by atoms with Crippen molar-refractivity contribution in [3.8, 4) is 11.5 Å². The molecular weight excluding hydrogens is 366 g/mol. The zero-order valence-corrected chi connectivity index (χ0v) is 17.2. The van der Waals surface area contributed by atoms with Gasteiger partial charge in [0, 0.05) is 11.1 Å². The molecule has 2 nitrogen and oxygen atoms in total. The van der Waals surface area contributed by atoms with Gasteiger partial charge in [-0.3, -0.25) is 0 Å². The summed E-state index contributed by atoms with van der Waals surface area (Å²) in [5, 5.41) is 0. The van der Waals surface area contributed by atoms with Crippen molar-refractivity contribution in [3.05, 3.63) is 113 Å². The molecule has 0 spiro atoms. The van der Waals surface area contributed by atoms with Crippen LogP contribution < -0.4 is 9.64 Å². The van der Waals surface area contributed by atoms with E-state index in [1.54, 1.807) is 0 Å². The third-order valence-corrected chi connectivity index (χ3v) is 6.53. The first-order chi connectivity index (χ1) is 14.6. The van der Waals surface area contributed by atoms with Gasteiger partial charge in [-0.2, -0.15) is 0 Å². The molecule has 0 fully saturated rings. The van der Waals surface area contributed by atoms with Crippen molar-refractivity contribution in [2.45, 2.75) is 25.7 Å². The first-order valence-electron chi connectivity index (χ1n) is 10.5. The van der Waals surface area contributed by atoms with Crippen LogP contribution in [0.5, 0.6) is 11.5 Å². The summed E-state index contributed by atoms with van der Waals surface area (Å²) in [5.74, 6) is 1.78. The van der Waals surface area contributed by atoms with Gasteiger partial charge < -0.3 is 9.64 Å². The van der Waals surface area contributed by atoms with Crippen LogP contribution in [0, 0.1) is 0 Å². The van der Waals surface area contributed by atoms with Gasteiger partial charge in [0.15, 0.2) is 11.5 Å². The minimum atomic E-state index is -0.0362. The van der Waals surface area contributed by atoms with E-state index < -0.39 is 0 Å². The number of anilines is 3. The Labute approximate surface area is 177 Å². The maximum absolute atomic E-state index is 6.19. The van der Waals surface area contributed by atoms with Crippen LogP contribution in [0.1, 0.15) is 36.1 Å². The molecule has 2 heteroatoms. The lowest BCUT2D eigenvalue weighted by Gasteiger charge is -2.37. The number of rotatable bonds is 1. The topological polar surface area (TPSA) is 12.5 Å². The molecule has 2 aliphatic rings. The molecule has 4 aromatic carbocycles. The van der Waals surface area contributed by atoms with Crippen LogP contribution in [0.25, 0.3) is 0 Å². The number of para-hydroxylation sites is 4. The maximum Gasteiger partial charge on any atom is 0.151 e. The smallest absolute Gasteiger partial charge is 0.151 e. The molecule has 1 aliphatic heterocycles. The molecule has 0 saturated heterocycles. The Morgan fingerprint density at radius 2 is 1.27 bits per heavy atom. The molecule has 1 aliphatic carbocycles. The third-order valence-electron chi connectivity index (χ3n) is 6.53. The highest BCUT2D eigenvalue weighted by atomic mass is 16.5. The molecule has 0 amide bonds. The molecule has 0 saturated carbocycles. The minimum absolute atomic E-state index is 0.0362. The van der Waals surface area contributed by atoms with E-state index in [4.69, 9.17) is 4.74 Å². The summed E-state index contributed by atoms with van der Waals surface area (Å²) in [4.78, 5) is 2.32. The predicted octanol–water partition coefficient (Wildman–Crippen LogP) is 7.49. The molecule has 146 valence electrons. The number of nitrogens with zero attached hydrogens (tertiary/aromatic N) is 1. The zero-order chi connectivity index (χ0) is 20.3. The molecule has 4 aromatic rings. The van der Waals surface area contributed by atoms with E-state index in [0.29, 0.717) is 0 Å². The molecular formula is C28H23NO. The fourth-order valence-electron chi connectivity index (χ4n) is 5.06. The molecule has 0 N–H and O–H groups in total. The lowest BCUT2D eigenvalue weighted by molar-refractivity contribution is 0.477. The summed E-state index contributed by atoms with van der Waals surface area (Å²) in [6, 6.07) is 32.3. The Kier molecular flexibility index (Phi) is 3.61. The number of ether oxygens (including phenoxy) is 1. The molecule has 0 bridgehead atoms. The van der Waals surface area contributed by atoms with E-state index in [0.717, 1.165) is 29.3 Å². The van der Waals surface area contributed by atoms with Crippen LogP contribution in [0.2, 0.25) is 0 Å². The normalized spacial score (nSPS) is 15.3. The highest BCUT2D eigenvalue weighted by Gasteiger charge is 2.33. The van der Waals surface area contributed by atoms with E-state index in [1.165, 1.54) is 27.9 Å². The monoisotopic (exact) mass is 389 g/mol. The van der Waals surface area contributed by atoms with Crippen molar-refractivity contribution in [1.29, 1.82) is 0 Å². The molecule has 1 heterocycles. The SMILES string of the molecule is CC1(C)c2ccccc2Cc2ccc(N3c4ccccc4Oc4ccccc43)cc21. The second kappa shape index (κ2) is 6.24. The van der Waals surface area contributed by atoms with E-state index in [-0.39, 0.29) is 5.41 Å². The van der Waals surface area contributed by atoms with Gasteiger partial charge in [0.25, 0.3) is 0 Å². The Morgan fingerprint density at radius 3 is 2.00 bits per heavy atom. The summed E-state index contributed by atoms with van der Waals surface area (Å²) in [6.45, 7) is 4.68. The van der Waals surface area contributed by atoms with Gasteiger partial charge in [-0.15, -0.1) is 0 Å². The van der Waals surface area contributed by atoms with Gasteiger partial charge in [-0.1, -0.05) is 68.4 Å². The number of hydrogen-bond acceptors (Lipinski definition) is 2. The zero-order valence-electron chi connectivity index (χ0n) is 17.2. The van der Waals surface area contributed by atoms with Gasteiger partial charge in [0.05, 0.1) is 11.4 Å². The fraction of sp³-hybridized carbons (Fsp3) is 0.143. The molecule has 6 rings (SSSR count). The maximum atomic E-state index is 6.19. The molecule has 0 atom stereocenters. The standard InChI is InChI=1S/C28H23NO/c1-28(2)22-10-4-3-9-19(22)17-20-15-16-21(18-23(20)28)29-24-11-5-7-13-26(24)30-27-14-8-6-12-25(27)29/h3-16,18H,17H2,1-2H3. The lowest BCUT2D eigenvalue weighted by atomic mass is 9.69. The minimum Gasteiger partial charge on any atom is -0.453 e. The third kappa shape index (κ3) is 2.43. The van der Waals surface area contributed by atoms with Crippen molar-refractivity contribution >= 4 is 17.1 Å². The summed E-state index contributed by atoms with van der Waals surface area (Å²) in [6.07, 6.45) is 0.992. The van der Waals surface area contributed by atoms with Crippen LogP contribution in [0.3, 0.4) is 0 Å². The highest BCUT2D eigenvalue weighted by molar-refractivity contribution is 5.86. The Hall–Kier alpha value is -3.52. The summed E-state index contributed by atoms with van der Waals surface area (Å²) < 4.78 is 6.19. The molecule has 0 unspecified atom stereocenters. The van der Waals surface area contributed by atoms with Gasteiger partial charge in [-0.25, -0.2) is 0 Å². The van der Waals surface area contributed by atoms with Crippen LogP contribution in [-0.4, -0.2) is 0 Å². The van der Waals surface area contributed by atoms with Gasteiger partial charge >= 0.3 is 0 Å². The second-order valence-corrected chi connectivity index (χ2v) is 8.67. The quantitative estimate of drug-likeness (QED) is 0.294. The second-order valence-electron chi connectivity index (χ2n) is 8.67. The predicted molar refractivity (Wildman–Crippen MR) is 123 cm³/mol. The van der Waals surface area contributed by atoms with E-state index in [2.05, 4.69) is 85.5 Å². The lowest BCUT2D eigenvalue weighted by Crippen LogP contribution is -2.27. The number of hydrogen-bond donors (Lipinski definition) is 0. The Balaban J connectivity index is 1.55. The number of fused-ring (bicyclic) bond motifs is 4. The first-order valence-corrected chi connectivity index (χ1v) is 10.5. The van der Waals surface area contributed by atoms with Crippen molar-refractivity contribution in [1.82, 2.24) is 0 Å². The summed E-state index contributed by atoms with van der Waals surface area (Å²) >= 11 is 0. The van der Waals surface area contributed by atoms with Crippen molar-refractivity contribution in [2.75, 3.05) is 4.90 Å². The van der Waals surface area contributed by atoms with E-state index in [1.807, 2.05) is 24.3 Å². The van der Waals surface area contributed by atoms with Gasteiger partial charge in [-0.05, 0) is 65.1 Å². The molecule has 0 aromatic heterocycles. The molecule has 30 heavy (non-hydrogen) atoms. The van der Waals surface area contributed by atoms with Crippen LogP contribution in [0.15, 0.2) is 91.0 Å². The first kappa shape index (κ1) is 17.3. The molecule has 0 radical (unpaired) electrons. The van der Waals surface area contributed by atoms with E-state index >= 15 is 0 Å². The van der Waals surface area contributed by atoms with Crippen molar-refractivity contribution < 1.29 is 4.74 Å². The summed E-state index contributed by atoms with van der Waals surface area (Å²) in [7, 11) is 0. The largest absolute Gasteiger partial charge is 0.453 e. The Morgan fingerprint density at radius 1 is 0.667 bits per heavy atom. The summed E-state index contributed by atoms with van der Waals surface area (Å²) in [5.41, 5.74) is 8.96. The van der Waals surface area contributed by atoms with Crippen LogP contribution in [0.4, 0.5) is 17.1 Å². The van der Waals surface area contributed by atoms with Gasteiger partial charge in [0.2, 0.25) is 0 Å². The fourth-order valence-corrected chi connectivity index (χ4v) is 5.06. The average molecular weight is 389 g/mol. The van der Waals surface area contributed by atoms with Crippen LogP contribution >= 0.6 is 0 Å². The highest BCUT2D eigenvalue weighted by Crippen LogP contribution is 2.51. The van der Waals surface area contributed by atoms with E-state index in [9.17, 15) is 0 Å². The van der Waals surface area contributed by atoms with Crippen molar-refractivity contribution in [3.63, 3.8) is 0 Å². The Bertz CT molecular complexity index is 1240. The van der Waals surface area contributed by atoms with Gasteiger partial charge in [0.1, 0.15) is 0 Å². The van der Waals surface area contributed by atoms with Crippen molar-refractivity contribution in [2.24, 2.45) is 0 Å². The number of benzene rings is 4. The van der Waals surface area contributed by atoms with Crippen LogP contribution in [-0.2, 0) is 11.8 Å².